The summed E-state index contributed by atoms with van der Waals surface area (Å²) in [5, 5.41) is 0. The molecule has 0 spiro atoms. The van der Waals surface area contributed by atoms with Gasteiger partial charge in [0.1, 0.15) is 0 Å². The van der Waals surface area contributed by atoms with Crippen LogP contribution in [0.15, 0.2) is 48.8 Å². The maximum atomic E-state index is 4.36. The van der Waals surface area contributed by atoms with Crippen molar-refractivity contribution >= 4 is 0 Å². The van der Waals surface area contributed by atoms with Crippen molar-refractivity contribution in [2.24, 2.45) is 0 Å². The first-order valence-electron chi connectivity index (χ1n) is 7.91. The van der Waals surface area contributed by atoms with Gasteiger partial charge in [-0.2, -0.15) is 0 Å². The van der Waals surface area contributed by atoms with E-state index in [0.717, 1.165) is 50.4 Å². The van der Waals surface area contributed by atoms with E-state index in [0.29, 0.717) is 0 Å². The number of rotatable bonds is 9. The van der Waals surface area contributed by atoms with Crippen LogP contribution < -0.4 is 0 Å². The highest BCUT2D eigenvalue weighted by molar-refractivity contribution is 5.04. The molecular formula is C18H26N4. The minimum absolute atomic E-state index is 1.01. The molecule has 0 aliphatic rings. The van der Waals surface area contributed by atoms with Crippen molar-refractivity contribution in [2.75, 3.05) is 40.3 Å². The van der Waals surface area contributed by atoms with E-state index >= 15 is 0 Å². The molecule has 0 aliphatic heterocycles. The highest BCUT2D eigenvalue weighted by Crippen LogP contribution is 1.98. The van der Waals surface area contributed by atoms with Crippen LogP contribution in [0.5, 0.6) is 0 Å². The fraction of sp³-hybridized carbons (Fsp3) is 0.444. The van der Waals surface area contributed by atoms with Crippen LogP contribution in [0.3, 0.4) is 0 Å². The summed E-state index contributed by atoms with van der Waals surface area (Å²) in [4.78, 5) is 13.5. The lowest BCUT2D eigenvalue weighted by Crippen LogP contribution is -2.33. The summed E-state index contributed by atoms with van der Waals surface area (Å²) in [6, 6.07) is 12.2. The fourth-order valence-electron chi connectivity index (χ4n) is 2.27. The maximum Gasteiger partial charge on any atom is 0.0416 e. The summed E-state index contributed by atoms with van der Waals surface area (Å²) in [7, 11) is 4.35. The smallest absolute Gasteiger partial charge is 0.0416 e. The Labute approximate surface area is 133 Å². The van der Waals surface area contributed by atoms with Crippen molar-refractivity contribution in [3.05, 3.63) is 60.2 Å². The van der Waals surface area contributed by atoms with E-state index < -0.39 is 0 Å². The lowest BCUT2D eigenvalue weighted by Gasteiger charge is -2.21. The molecule has 0 atom stereocenters. The molecule has 2 aromatic rings. The first-order valence-corrected chi connectivity index (χ1v) is 7.91. The molecule has 0 bridgehead atoms. The van der Waals surface area contributed by atoms with E-state index in [2.05, 4.69) is 46.0 Å². The Morgan fingerprint density at radius 1 is 0.682 bits per heavy atom. The van der Waals surface area contributed by atoms with Gasteiger partial charge >= 0.3 is 0 Å². The average molecular weight is 298 g/mol. The zero-order chi connectivity index (χ0) is 15.6. The number of pyridine rings is 2. The van der Waals surface area contributed by atoms with Gasteiger partial charge in [0.05, 0.1) is 0 Å². The topological polar surface area (TPSA) is 32.3 Å². The van der Waals surface area contributed by atoms with E-state index in [1.54, 1.807) is 0 Å². The number of hydrogen-bond donors (Lipinski definition) is 0. The lowest BCUT2D eigenvalue weighted by atomic mass is 10.2. The Hall–Kier alpha value is -1.78. The van der Waals surface area contributed by atoms with Crippen LogP contribution in [0.1, 0.15) is 11.4 Å². The third-order valence-corrected chi connectivity index (χ3v) is 3.82. The van der Waals surface area contributed by atoms with Gasteiger partial charge in [0, 0.05) is 62.8 Å². The Morgan fingerprint density at radius 3 is 1.50 bits per heavy atom. The zero-order valence-electron chi connectivity index (χ0n) is 13.7. The Morgan fingerprint density at radius 2 is 1.14 bits per heavy atom. The first kappa shape index (κ1) is 16.6. The average Bonchev–Trinajstić information content (AvgIpc) is 2.58. The highest BCUT2D eigenvalue weighted by atomic mass is 15.2. The summed E-state index contributed by atoms with van der Waals surface area (Å²) in [6.45, 7) is 4.24. The molecule has 0 saturated heterocycles. The molecule has 0 unspecified atom stereocenters. The number of aromatic nitrogens is 2. The minimum atomic E-state index is 1.01. The van der Waals surface area contributed by atoms with Gasteiger partial charge in [0.2, 0.25) is 0 Å². The Balaban J connectivity index is 1.60. The minimum Gasteiger partial charge on any atom is -0.305 e. The summed E-state index contributed by atoms with van der Waals surface area (Å²) in [5.74, 6) is 0. The summed E-state index contributed by atoms with van der Waals surface area (Å²) >= 11 is 0. The summed E-state index contributed by atoms with van der Waals surface area (Å²) in [5.41, 5.74) is 2.33. The van der Waals surface area contributed by atoms with Crippen LogP contribution in [-0.2, 0) is 12.8 Å². The quantitative estimate of drug-likeness (QED) is 0.710. The number of nitrogens with zero attached hydrogens (tertiary/aromatic N) is 4. The van der Waals surface area contributed by atoms with Crippen molar-refractivity contribution in [2.45, 2.75) is 12.8 Å². The standard InChI is InChI=1S/C18H26N4/c1-21(13-9-17-7-3-5-11-19-17)15-16-22(2)14-10-18-8-4-6-12-20-18/h3-8,11-12H,9-10,13-16H2,1-2H3. The SMILES string of the molecule is CN(CCc1ccccn1)CCN(C)CCc1ccccn1. The van der Waals surface area contributed by atoms with Crippen LogP contribution in [0, 0.1) is 0 Å². The molecule has 0 aliphatic carbocycles. The van der Waals surface area contributed by atoms with Crippen LogP contribution in [-0.4, -0.2) is 60.0 Å². The van der Waals surface area contributed by atoms with Gasteiger partial charge in [-0.3, -0.25) is 9.97 Å². The monoisotopic (exact) mass is 298 g/mol. The molecule has 0 fully saturated rings. The summed E-state index contributed by atoms with van der Waals surface area (Å²) < 4.78 is 0. The van der Waals surface area contributed by atoms with Crippen LogP contribution >= 0.6 is 0 Å². The third-order valence-electron chi connectivity index (χ3n) is 3.82. The molecule has 0 N–H and O–H groups in total. The van der Waals surface area contributed by atoms with Crippen molar-refractivity contribution in [1.82, 2.24) is 19.8 Å². The van der Waals surface area contributed by atoms with Crippen LogP contribution in [0.25, 0.3) is 0 Å². The molecule has 2 heterocycles. The van der Waals surface area contributed by atoms with Gasteiger partial charge in [-0.05, 0) is 38.4 Å². The first-order chi connectivity index (χ1) is 10.7. The van der Waals surface area contributed by atoms with Gasteiger partial charge in [-0.15, -0.1) is 0 Å². The van der Waals surface area contributed by atoms with E-state index in [-0.39, 0.29) is 0 Å². The lowest BCUT2D eigenvalue weighted by molar-refractivity contribution is 0.259. The van der Waals surface area contributed by atoms with Gasteiger partial charge < -0.3 is 9.80 Å². The molecule has 0 saturated carbocycles. The number of hydrogen-bond acceptors (Lipinski definition) is 4. The zero-order valence-corrected chi connectivity index (χ0v) is 13.7. The molecule has 22 heavy (non-hydrogen) atoms. The van der Waals surface area contributed by atoms with E-state index in [1.165, 1.54) is 0 Å². The van der Waals surface area contributed by atoms with E-state index in [9.17, 15) is 0 Å². The van der Waals surface area contributed by atoms with Crippen LogP contribution in [0.4, 0.5) is 0 Å². The molecule has 0 amide bonds. The molecule has 2 aromatic heterocycles. The highest BCUT2D eigenvalue weighted by Gasteiger charge is 2.04. The van der Waals surface area contributed by atoms with Gasteiger partial charge in [0.15, 0.2) is 0 Å². The maximum absolute atomic E-state index is 4.36. The molecule has 4 nitrogen and oxygen atoms in total. The fourth-order valence-corrected chi connectivity index (χ4v) is 2.27. The Kier molecular flexibility index (Phi) is 7.00. The predicted octanol–water partition coefficient (Wildman–Crippen LogP) is 2.13. The number of likely N-dealkylation sites (N-methyl/N-ethyl adjacent to an activating group) is 2. The molecule has 4 heteroatoms. The van der Waals surface area contributed by atoms with E-state index in [1.807, 2.05) is 36.7 Å². The second-order valence-corrected chi connectivity index (χ2v) is 5.75. The van der Waals surface area contributed by atoms with Gasteiger partial charge in [-0.1, -0.05) is 12.1 Å². The molecule has 0 radical (unpaired) electrons. The molecular weight excluding hydrogens is 272 g/mol. The predicted molar refractivity (Wildman–Crippen MR) is 90.9 cm³/mol. The van der Waals surface area contributed by atoms with Crippen LogP contribution in [0.2, 0.25) is 0 Å². The second kappa shape index (κ2) is 9.28. The molecule has 118 valence electrons. The summed E-state index contributed by atoms with van der Waals surface area (Å²) in [6.07, 6.45) is 5.74. The van der Waals surface area contributed by atoms with Crippen molar-refractivity contribution < 1.29 is 0 Å². The van der Waals surface area contributed by atoms with Crippen molar-refractivity contribution in [3.63, 3.8) is 0 Å². The van der Waals surface area contributed by atoms with Gasteiger partial charge in [0.25, 0.3) is 0 Å². The van der Waals surface area contributed by atoms with Gasteiger partial charge in [-0.25, -0.2) is 0 Å². The second-order valence-electron chi connectivity index (χ2n) is 5.75. The van der Waals surface area contributed by atoms with Crippen molar-refractivity contribution in [1.29, 1.82) is 0 Å². The largest absolute Gasteiger partial charge is 0.305 e. The third kappa shape index (κ3) is 6.33. The van der Waals surface area contributed by atoms with E-state index in [4.69, 9.17) is 0 Å². The molecule has 2 rings (SSSR count). The molecule has 0 aromatic carbocycles. The Bertz CT molecular complexity index is 466. The normalized spacial score (nSPS) is 11.3. The van der Waals surface area contributed by atoms with Crippen molar-refractivity contribution in [3.8, 4) is 0 Å².